The molecule has 2 rings (SSSR count). The summed E-state index contributed by atoms with van der Waals surface area (Å²) in [5.41, 5.74) is 1.02. The maximum Gasteiger partial charge on any atom is 0.251 e. The molecule has 1 saturated heterocycles. The van der Waals surface area contributed by atoms with Crippen molar-refractivity contribution >= 4 is 18.3 Å². The Morgan fingerprint density at radius 1 is 1.50 bits per heavy atom. The van der Waals surface area contributed by atoms with Gasteiger partial charge in [-0.25, -0.2) is 4.39 Å². The average molecular weight is 273 g/mol. The van der Waals surface area contributed by atoms with Gasteiger partial charge in [0.05, 0.1) is 0 Å². The molecule has 1 aliphatic rings. The number of hydrogen-bond acceptors (Lipinski definition) is 2. The van der Waals surface area contributed by atoms with Crippen LogP contribution in [0.25, 0.3) is 0 Å². The van der Waals surface area contributed by atoms with Crippen molar-refractivity contribution in [1.29, 1.82) is 0 Å². The summed E-state index contributed by atoms with van der Waals surface area (Å²) in [7, 11) is 0. The van der Waals surface area contributed by atoms with E-state index >= 15 is 0 Å². The minimum Gasteiger partial charge on any atom is -0.348 e. The van der Waals surface area contributed by atoms with Crippen molar-refractivity contribution in [3.8, 4) is 0 Å². The number of rotatable bonds is 2. The highest BCUT2D eigenvalue weighted by molar-refractivity contribution is 5.94. The molecule has 0 bridgehead atoms. The first-order valence-corrected chi connectivity index (χ1v) is 5.94. The zero-order valence-electron chi connectivity index (χ0n) is 10.3. The van der Waals surface area contributed by atoms with Crippen LogP contribution in [-0.4, -0.2) is 25.0 Å². The number of aryl methyl sites for hydroxylation is 1. The number of benzene rings is 1. The number of nitrogens with one attached hydrogen (secondary N) is 2. The standard InChI is InChI=1S/C13H17FN2O.ClH/c1-9-7-10(4-5-12(9)14)13(17)16-11-3-2-6-15-8-11;/h4-5,7,11,15H,2-3,6,8H2,1H3,(H,16,17);1H/t11-;/m1./s1. The Morgan fingerprint density at radius 3 is 2.89 bits per heavy atom. The maximum absolute atomic E-state index is 13.1. The van der Waals surface area contributed by atoms with Crippen LogP contribution in [0.3, 0.4) is 0 Å². The van der Waals surface area contributed by atoms with Gasteiger partial charge in [-0.05, 0) is 50.1 Å². The summed E-state index contributed by atoms with van der Waals surface area (Å²) >= 11 is 0. The SMILES string of the molecule is Cc1cc(C(=O)N[C@@H]2CCCNC2)ccc1F.Cl. The van der Waals surface area contributed by atoms with Crippen LogP contribution in [0.2, 0.25) is 0 Å². The van der Waals surface area contributed by atoms with E-state index in [1.165, 1.54) is 12.1 Å². The molecule has 1 aliphatic heterocycles. The van der Waals surface area contributed by atoms with Gasteiger partial charge in [0.25, 0.3) is 5.91 Å². The van der Waals surface area contributed by atoms with Gasteiger partial charge in [-0.1, -0.05) is 0 Å². The molecular formula is C13H18ClFN2O. The van der Waals surface area contributed by atoms with Gasteiger partial charge in [0.1, 0.15) is 5.82 Å². The maximum atomic E-state index is 13.1. The van der Waals surface area contributed by atoms with Gasteiger partial charge in [0.2, 0.25) is 0 Å². The Hall–Kier alpha value is -1.13. The Kier molecular flexibility index (Phi) is 5.56. The highest BCUT2D eigenvalue weighted by Crippen LogP contribution is 2.10. The van der Waals surface area contributed by atoms with Gasteiger partial charge in [0.15, 0.2) is 0 Å². The summed E-state index contributed by atoms with van der Waals surface area (Å²) in [4.78, 5) is 11.9. The van der Waals surface area contributed by atoms with Crippen LogP contribution in [0.15, 0.2) is 18.2 Å². The highest BCUT2D eigenvalue weighted by atomic mass is 35.5. The first-order valence-electron chi connectivity index (χ1n) is 5.94. The summed E-state index contributed by atoms with van der Waals surface area (Å²) < 4.78 is 13.1. The zero-order valence-corrected chi connectivity index (χ0v) is 11.1. The molecule has 3 nitrogen and oxygen atoms in total. The molecule has 0 saturated carbocycles. The fourth-order valence-corrected chi connectivity index (χ4v) is 2.03. The summed E-state index contributed by atoms with van der Waals surface area (Å²) in [6.45, 7) is 3.49. The van der Waals surface area contributed by atoms with Gasteiger partial charge >= 0.3 is 0 Å². The Labute approximate surface area is 113 Å². The predicted molar refractivity (Wildman–Crippen MR) is 71.7 cm³/mol. The Bertz CT molecular complexity index is 419. The van der Waals surface area contributed by atoms with E-state index in [0.717, 1.165) is 25.9 Å². The summed E-state index contributed by atoms with van der Waals surface area (Å²) in [6.07, 6.45) is 2.08. The van der Waals surface area contributed by atoms with E-state index in [2.05, 4.69) is 10.6 Å². The number of piperidine rings is 1. The molecule has 1 atom stereocenters. The highest BCUT2D eigenvalue weighted by Gasteiger charge is 2.16. The molecule has 0 radical (unpaired) electrons. The number of amides is 1. The second kappa shape index (κ2) is 6.71. The second-order valence-corrected chi connectivity index (χ2v) is 4.48. The van der Waals surface area contributed by atoms with Crippen molar-refractivity contribution in [3.05, 3.63) is 35.1 Å². The third-order valence-corrected chi connectivity index (χ3v) is 3.05. The van der Waals surface area contributed by atoms with Crippen LogP contribution in [0.1, 0.15) is 28.8 Å². The largest absolute Gasteiger partial charge is 0.348 e. The lowest BCUT2D eigenvalue weighted by Gasteiger charge is -2.23. The van der Waals surface area contributed by atoms with Crippen LogP contribution in [0.4, 0.5) is 4.39 Å². The molecule has 100 valence electrons. The molecule has 1 amide bonds. The van der Waals surface area contributed by atoms with Gasteiger partial charge in [0, 0.05) is 18.2 Å². The van der Waals surface area contributed by atoms with E-state index in [1.807, 2.05) is 0 Å². The normalized spacial score (nSPS) is 18.9. The topological polar surface area (TPSA) is 41.1 Å². The Morgan fingerprint density at radius 2 is 2.28 bits per heavy atom. The monoisotopic (exact) mass is 272 g/mol. The lowest BCUT2D eigenvalue weighted by Crippen LogP contribution is -2.45. The molecule has 0 aromatic heterocycles. The molecule has 18 heavy (non-hydrogen) atoms. The van der Waals surface area contributed by atoms with Crippen LogP contribution in [0, 0.1) is 12.7 Å². The first kappa shape index (κ1) is 14.9. The quantitative estimate of drug-likeness (QED) is 0.865. The molecule has 2 N–H and O–H groups in total. The first-order chi connectivity index (χ1) is 8.16. The number of halogens is 2. The molecular weight excluding hydrogens is 255 g/mol. The van der Waals surface area contributed by atoms with Crippen molar-refractivity contribution < 1.29 is 9.18 Å². The molecule has 1 heterocycles. The van der Waals surface area contributed by atoms with E-state index in [9.17, 15) is 9.18 Å². The third kappa shape index (κ3) is 3.68. The predicted octanol–water partition coefficient (Wildman–Crippen LogP) is 2.04. The van der Waals surface area contributed by atoms with Crippen LogP contribution < -0.4 is 10.6 Å². The summed E-state index contributed by atoms with van der Waals surface area (Å²) in [5, 5.41) is 6.20. The molecule has 5 heteroatoms. The van der Waals surface area contributed by atoms with E-state index in [4.69, 9.17) is 0 Å². The zero-order chi connectivity index (χ0) is 12.3. The van der Waals surface area contributed by atoms with Gasteiger partial charge in [-0.3, -0.25) is 4.79 Å². The van der Waals surface area contributed by atoms with E-state index in [-0.39, 0.29) is 30.2 Å². The smallest absolute Gasteiger partial charge is 0.251 e. The summed E-state index contributed by atoms with van der Waals surface area (Å²) in [6, 6.07) is 4.62. The van der Waals surface area contributed by atoms with Crippen LogP contribution >= 0.6 is 12.4 Å². The molecule has 1 fully saturated rings. The van der Waals surface area contributed by atoms with E-state index in [0.29, 0.717) is 11.1 Å². The summed E-state index contributed by atoms with van der Waals surface area (Å²) in [5.74, 6) is -0.400. The molecule has 0 aliphatic carbocycles. The molecule has 0 spiro atoms. The van der Waals surface area contributed by atoms with Crippen molar-refractivity contribution in [2.75, 3.05) is 13.1 Å². The minimum atomic E-state index is -0.277. The van der Waals surface area contributed by atoms with Crippen molar-refractivity contribution in [1.82, 2.24) is 10.6 Å². The lowest BCUT2D eigenvalue weighted by atomic mass is 10.1. The number of hydrogen-bond donors (Lipinski definition) is 2. The van der Waals surface area contributed by atoms with Crippen molar-refractivity contribution in [2.45, 2.75) is 25.8 Å². The molecule has 1 aromatic carbocycles. The number of carbonyl (C=O) groups is 1. The van der Waals surface area contributed by atoms with E-state index in [1.54, 1.807) is 13.0 Å². The van der Waals surface area contributed by atoms with Crippen LogP contribution in [0.5, 0.6) is 0 Å². The second-order valence-electron chi connectivity index (χ2n) is 4.48. The van der Waals surface area contributed by atoms with Crippen molar-refractivity contribution in [3.63, 3.8) is 0 Å². The average Bonchev–Trinajstić information content (AvgIpc) is 2.34. The number of carbonyl (C=O) groups excluding carboxylic acids is 1. The molecule has 1 aromatic rings. The van der Waals surface area contributed by atoms with Crippen molar-refractivity contribution in [2.24, 2.45) is 0 Å². The van der Waals surface area contributed by atoms with Gasteiger partial charge < -0.3 is 10.6 Å². The van der Waals surface area contributed by atoms with Gasteiger partial charge in [-0.15, -0.1) is 12.4 Å². The van der Waals surface area contributed by atoms with Crippen LogP contribution in [-0.2, 0) is 0 Å². The molecule has 0 unspecified atom stereocenters. The fraction of sp³-hybridized carbons (Fsp3) is 0.462. The third-order valence-electron chi connectivity index (χ3n) is 3.05. The van der Waals surface area contributed by atoms with E-state index < -0.39 is 0 Å². The fourth-order valence-electron chi connectivity index (χ4n) is 2.03. The lowest BCUT2D eigenvalue weighted by molar-refractivity contribution is 0.0930. The minimum absolute atomic E-state index is 0. The van der Waals surface area contributed by atoms with Gasteiger partial charge in [-0.2, -0.15) is 0 Å². The Balaban J connectivity index is 0.00000162.